The monoisotopic (exact) mass is 323 g/mol. The first-order valence-electron chi connectivity index (χ1n) is 7.79. The first-order chi connectivity index (χ1) is 11.6. The third kappa shape index (κ3) is 2.69. The Hall–Kier alpha value is -2.95. The Kier molecular flexibility index (Phi) is 4.42. The van der Waals surface area contributed by atoms with Gasteiger partial charge in [-0.25, -0.2) is 0 Å². The number of para-hydroxylation sites is 1. The second-order valence-electron chi connectivity index (χ2n) is 5.46. The lowest BCUT2D eigenvalue weighted by molar-refractivity contribution is -0.152. The summed E-state index contributed by atoms with van der Waals surface area (Å²) >= 11 is 0. The Morgan fingerprint density at radius 3 is 2.17 bits per heavy atom. The van der Waals surface area contributed by atoms with E-state index in [1.54, 1.807) is 43.3 Å². The minimum absolute atomic E-state index is 0.156. The van der Waals surface area contributed by atoms with E-state index in [4.69, 9.17) is 4.74 Å². The number of esters is 1. The van der Waals surface area contributed by atoms with Crippen LogP contribution in [0.5, 0.6) is 0 Å². The number of carbonyl (C=O) groups is 3. The summed E-state index contributed by atoms with van der Waals surface area (Å²) in [6.07, 6.45) is 0. The third-order valence-corrected chi connectivity index (χ3v) is 4.02. The zero-order chi connectivity index (χ0) is 17.1. The predicted octanol–water partition coefficient (Wildman–Crippen LogP) is 2.52. The maximum absolute atomic E-state index is 12.6. The number of hydrogen-bond acceptors (Lipinski definition) is 4. The molecule has 0 aliphatic carbocycles. The Labute approximate surface area is 139 Å². The number of ketones is 1. The topological polar surface area (TPSA) is 63.7 Å². The van der Waals surface area contributed by atoms with Crippen LogP contribution in [0.2, 0.25) is 0 Å². The number of rotatable bonds is 4. The van der Waals surface area contributed by atoms with E-state index in [-0.39, 0.29) is 6.61 Å². The van der Waals surface area contributed by atoms with E-state index in [2.05, 4.69) is 0 Å². The Balaban J connectivity index is 2.11. The molecule has 1 heterocycles. The van der Waals surface area contributed by atoms with E-state index in [1.165, 1.54) is 4.90 Å². The first kappa shape index (κ1) is 15.9. The highest BCUT2D eigenvalue weighted by Crippen LogP contribution is 2.40. The van der Waals surface area contributed by atoms with Gasteiger partial charge in [0.1, 0.15) is 5.92 Å². The van der Waals surface area contributed by atoms with Gasteiger partial charge in [0.25, 0.3) is 5.91 Å². The normalized spacial score (nSPS) is 20.3. The first-order valence-corrected chi connectivity index (χ1v) is 7.79. The molecule has 2 aromatic carbocycles. The van der Waals surface area contributed by atoms with E-state index in [1.807, 2.05) is 24.3 Å². The molecule has 3 rings (SSSR count). The lowest BCUT2D eigenvalue weighted by Gasteiger charge is -2.26. The van der Waals surface area contributed by atoms with Gasteiger partial charge >= 0.3 is 5.97 Å². The van der Waals surface area contributed by atoms with Crippen molar-refractivity contribution in [3.8, 4) is 0 Å². The molecule has 122 valence electrons. The molecule has 1 saturated heterocycles. The summed E-state index contributed by atoms with van der Waals surface area (Å²) in [6.45, 7) is 1.83. The quantitative estimate of drug-likeness (QED) is 0.493. The molecule has 5 nitrogen and oxygen atoms in total. The number of hydrogen-bond donors (Lipinski definition) is 0. The standard InChI is InChI=1S/C19H17NO4/c1-2-24-19(23)15-16(13-9-5-3-6-10-13)20(18(22)17(15)21)14-11-7-4-8-12-14/h3-12,15-16H,2H2,1H3/t15-,16+/m0/s1. The SMILES string of the molecule is CCOC(=O)[C@@H]1C(=O)C(=O)N(c2ccccc2)[C@@H]1c1ccccc1. The van der Waals surface area contributed by atoms with Crippen molar-refractivity contribution in [3.05, 3.63) is 66.2 Å². The second-order valence-corrected chi connectivity index (χ2v) is 5.46. The molecule has 0 saturated carbocycles. The fourth-order valence-electron chi connectivity index (χ4n) is 3.00. The van der Waals surface area contributed by atoms with Crippen LogP contribution in [0.1, 0.15) is 18.5 Å². The molecule has 24 heavy (non-hydrogen) atoms. The fraction of sp³-hybridized carbons (Fsp3) is 0.211. The average molecular weight is 323 g/mol. The van der Waals surface area contributed by atoms with E-state index in [0.717, 1.165) is 5.56 Å². The number of amides is 1. The van der Waals surface area contributed by atoms with Gasteiger partial charge in [-0.15, -0.1) is 0 Å². The Morgan fingerprint density at radius 1 is 1.00 bits per heavy atom. The van der Waals surface area contributed by atoms with E-state index >= 15 is 0 Å². The number of nitrogens with zero attached hydrogens (tertiary/aromatic N) is 1. The minimum Gasteiger partial charge on any atom is -0.465 e. The lowest BCUT2D eigenvalue weighted by atomic mass is 9.93. The number of anilines is 1. The van der Waals surface area contributed by atoms with Crippen molar-refractivity contribution in [1.82, 2.24) is 0 Å². The van der Waals surface area contributed by atoms with Crippen molar-refractivity contribution >= 4 is 23.3 Å². The Morgan fingerprint density at radius 2 is 1.58 bits per heavy atom. The van der Waals surface area contributed by atoms with E-state index in [0.29, 0.717) is 5.69 Å². The summed E-state index contributed by atoms with van der Waals surface area (Å²) in [7, 11) is 0. The molecule has 0 bridgehead atoms. The molecular weight excluding hydrogens is 306 g/mol. The summed E-state index contributed by atoms with van der Waals surface area (Å²) in [5.41, 5.74) is 1.30. The molecule has 0 N–H and O–H groups in total. The van der Waals surface area contributed by atoms with Gasteiger partial charge in [-0.05, 0) is 24.6 Å². The minimum atomic E-state index is -1.15. The maximum atomic E-state index is 12.6. The summed E-state index contributed by atoms with van der Waals surface area (Å²) in [4.78, 5) is 38.8. The van der Waals surface area contributed by atoms with Crippen LogP contribution in [0.15, 0.2) is 60.7 Å². The van der Waals surface area contributed by atoms with Crippen molar-refractivity contribution in [1.29, 1.82) is 0 Å². The Bertz CT molecular complexity index is 757. The van der Waals surface area contributed by atoms with Gasteiger partial charge in [-0.2, -0.15) is 0 Å². The zero-order valence-electron chi connectivity index (χ0n) is 13.2. The molecule has 1 aliphatic heterocycles. The van der Waals surface area contributed by atoms with Gasteiger partial charge in [0, 0.05) is 5.69 Å². The highest BCUT2D eigenvalue weighted by molar-refractivity contribution is 6.47. The van der Waals surface area contributed by atoms with Gasteiger partial charge in [0.05, 0.1) is 12.6 Å². The second kappa shape index (κ2) is 6.66. The largest absolute Gasteiger partial charge is 0.465 e. The van der Waals surface area contributed by atoms with Crippen LogP contribution in [0.3, 0.4) is 0 Å². The van der Waals surface area contributed by atoms with Crippen LogP contribution in [0.25, 0.3) is 0 Å². The number of benzene rings is 2. The van der Waals surface area contributed by atoms with Crippen LogP contribution >= 0.6 is 0 Å². The van der Waals surface area contributed by atoms with Crippen molar-refractivity contribution in [2.75, 3.05) is 11.5 Å². The highest BCUT2D eigenvalue weighted by atomic mass is 16.5. The lowest BCUT2D eigenvalue weighted by Crippen LogP contribution is -2.31. The van der Waals surface area contributed by atoms with Crippen molar-refractivity contribution in [2.45, 2.75) is 13.0 Å². The molecule has 0 aromatic heterocycles. The molecule has 1 amide bonds. The van der Waals surface area contributed by atoms with Crippen molar-refractivity contribution < 1.29 is 19.1 Å². The van der Waals surface area contributed by atoms with Crippen LogP contribution in [0, 0.1) is 5.92 Å². The van der Waals surface area contributed by atoms with Crippen molar-refractivity contribution in [2.24, 2.45) is 5.92 Å². The molecule has 0 radical (unpaired) electrons. The fourth-order valence-corrected chi connectivity index (χ4v) is 3.00. The van der Waals surface area contributed by atoms with E-state index < -0.39 is 29.6 Å². The van der Waals surface area contributed by atoms with Crippen LogP contribution in [0.4, 0.5) is 5.69 Å². The maximum Gasteiger partial charge on any atom is 0.319 e. The summed E-state index contributed by atoms with van der Waals surface area (Å²) < 4.78 is 5.04. The van der Waals surface area contributed by atoms with Crippen LogP contribution in [-0.2, 0) is 19.1 Å². The van der Waals surface area contributed by atoms with Crippen LogP contribution in [-0.4, -0.2) is 24.3 Å². The number of Topliss-reactive ketones (excluding diaryl/α,β-unsaturated/α-hetero) is 1. The molecule has 2 atom stereocenters. The smallest absolute Gasteiger partial charge is 0.319 e. The van der Waals surface area contributed by atoms with Gasteiger partial charge in [0.2, 0.25) is 5.78 Å². The predicted molar refractivity (Wildman–Crippen MR) is 88.2 cm³/mol. The molecule has 0 unspecified atom stereocenters. The van der Waals surface area contributed by atoms with E-state index in [9.17, 15) is 14.4 Å². The molecule has 0 spiro atoms. The summed E-state index contributed by atoms with van der Waals surface area (Å²) in [5.74, 6) is -3.23. The molecule has 2 aromatic rings. The van der Waals surface area contributed by atoms with Gasteiger partial charge < -0.3 is 4.74 Å². The number of carbonyl (C=O) groups excluding carboxylic acids is 3. The molecule has 5 heteroatoms. The molecule has 1 fully saturated rings. The van der Waals surface area contributed by atoms with Crippen molar-refractivity contribution in [3.63, 3.8) is 0 Å². The van der Waals surface area contributed by atoms with Crippen LogP contribution < -0.4 is 4.90 Å². The summed E-state index contributed by atoms with van der Waals surface area (Å²) in [6, 6.07) is 17.3. The van der Waals surface area contributed by atoms with Gasteiger partial charge in [0.15, 0.2) is 0 Å². The van der Waals surface area contributed by atoms with Gasteiger partial charge in [-0.1, -0.05) is 48.5 Å². The van der Waals surface area contributed by atoms with Gasteiger partial charge in [-0.3, -0.25) is 19.3 Å². The highest BCUT2D eigenvalue weighted by Gasteiger charge is 2.53. The summed E-state index contributed by atoms with van der Waals surface area (Å²) in [5, 5.41) is 0. The number of ether oxygens (including phenoxy) is 1. The molecule has 1 aliphatic rings. The zero-order valence-corrected chi connectivity index (χ0v) is 13.2. The molecular formula is C19H17NO4. The average Bonchev–Trinajstić information content (AvgIpc) is 2.88. The third-order valence-electron chi connectivity index (χ3n) is 4.02.